The molecule has 0 unspecified atom stereocenters. The van der Waals surface area contributed by atoms with Gasteiger partial charge < -0.3 is 14.2 Å². The van der Waals surface area contributed by atoms with Gasteiger partial charge in [0.25, 0.3) is 0 Å². The van der Waals surface area contributed by atoms with Crippen molar-refractivity contribution >= 4 is 5.78 Å². The number of ketones is 1. The van der Waals surface area contributed by atoms with Crippen LogP contribution in [0, 0.1) is 0 Å². The summed E-state index contributed by atoms with van der Waals surface area (Å²) in [6.45, 7) is 2.23. The number of rotatable bonds is 2. The van der Waals surface area contributed by atoms with Gasteiger partial charge in [-0.1, -0.05) is 0 Å². The summed E-state index contributed by atoms with van der Waals surface area (Å²) in [5.41, 5.74) is 1.45. The van der Waals surface area contributed by atoms with Crippen molar-refractivity contribution in [3.63, 3.8) is 0 Å². The van der Waals surface area contributed by atoms with E-state index >= 15 is 0 Å². The Hall–Kier alpha value is -1.55. The average Bonchev–Trinajstić information content (AvgIpc) is 2.27. The van der Waals surface area contributed by atoms with Crippen molar-refractivity contribution in [2.45, 2.75) is 13.5 Å². The highest BCUT2D eigenvalue weighted by Crippen LogP contribution is 2.31. The Kier molecular flexibility index (Phi) is 2.60. The van der Waals surface area contributed by atoms with Gasteiger partial charge in [-0.3, -0.25) is 4.79 Å². The molecule has 0 aromatic heterocycles. The summed E-state index contributed by atoms with van der Waals surface area (Å²) >= 11 is 0. The number of benzene rings is 1. The van der Waals surface area contributed by atoms with E-state index in [1.54, 1.807) is 19.2 Å². The zero-order chi connectivity index (χ0) is 10.8. The van der Waals surface area contributed by atoms with Crippen LogP contribution in [0.4, 0.5) is 0 Å². The van der Waals surface area contributed by atoms with Crippen LogP contribution in [0.15, 0.2) is 12.1 Å². The maximum atomic E-state index is 11.3. The molecule has 1 aromatic carbocycles. The van der Waals surface area contributed by atoms with Crippen LogP contribution in [0.25, 0.3) is 0 Å². The fourth-order valence-electron chi connectivity index (χ4n) is 1.55. The quantitative estimate of drug-likeness (QED) is 0.695. The first-order valence-corrected chi connectivity index (χ1v) is 4.64. The normalized spacial score (nSPS) is 14.0. The fraction of sp³-hybridized carbons (Fsp3) is 0.364. The van der Waals surface area contributed by atoms with Crippen LogP contribution in [0.1, 0.15) is 22.8 Å². The number of Topliss-reactive ketones (excluding diaryl/α,β-unsaturated/α-hetero) is 1. The third kappa shape index (κ3) is 1.80. The number of carbonyl (C=O) groups excluding carboxylic acids is 1. The molecule has 1 aliphatic heterocycles. The minimum absolute atomic E-state index is 0.0373. The molecule has 0 radical (unpaired) electrons. The standard InChI is InChI=1S/C11H12O4/c1-7(12)9-4-10-8(3-11(9)13-2)5-14-6-15-10/h3-4H,5-6H2,1-2H3. The molecule has 0 bridgehead atoms. The third-order valence-electron chi connectivity index (χ3n) is 2.32. The van der Waals surface area contributed by atoms with Crippen molar-refractivity contribution < 1.29 is 19.0 Å². The van der Waals surface area contributed by atoms with Gasteiger partial charge >= 0.3 is 0 Å². The highest BCUT2D eigenvalue weighted by molar-refractivity contribution is 5.97. The smallest absolute Gasteiger partial charge is 0.189 e. The van der Waals surface area contributed by atoms with Crippen LogP contribution < -0.4 is 9.47 Å². The minimum Gasteiger partial charge on any atom is -0.496 e. The number of fused-ring (bicyclic) bond motifs is 1. The SMILES string of the molecule is COc1cc2c(cc1C(C)=O)OCOC2. The molecule has 0 spiro atoms. The summed E-state index contributed by atoms with van der Waals surface area (Å²) in [6.07, 6.45) is 0. The second-order valence-electron chi connectivity index (χ2n) is 3.33. The third-order valence-corrected chi connectivity index (χ3v) is 2.32. The molecule has 1 aliphatic rings. The van der Waals surface area contributed by atoms with E-state index < -0.39 is 0 Å². The predicted octanol–water partition coefficient (Wildman–Crippen LogP) is 1.76. The maximum absolute atomic E-state index is 11.3. The van der Waals surface area contributed by atoms with Gasteiger partial charge in [0.2, 0.25) is 0 Å². The summed E-state index contributed by atoms with van der Waals surface area (Å²) in [5, 5.41) is 0. The van der Waals surface area contributed by atoms with E-state index in [0.717, 1.165) is 5.56 Å². The Balaban J connectivity index is 2.51. The van der Waals surface area contributed by atoms with E-state index in [-0.39, 0.29) is 12.6 Å². The molecule has 0 fully saturated rings. The van der Waals surface area contributed by atoms with Crippen molar-refractivity contribution in [1.82, 2.24) is 0 Å². The van der Waals surface area contributed by atoms with E-state index in [9.17, 15) is 4.79 Å². The Morgan fingerprint density at radius 1 is 1.47 bits per heavy atom. The molecule has 0 atom stereocenters. The van der Waals surface area contributed by atoms with Gasteiger partial charge in [0.05, 0.1) is 19.3 Å². The number of carbonyl (C=O) groups is 1. The Labute approximate surface area is 87.8 Å². The summed E-state index contributed by atoms with van der Waals surface area (Å²) in [4.78, 5) is 11.3. The molecule has 4 heteroatoms. The van der Waals surface area contributed by atoms with E-state index in [1.165, 1.54) is 6.92 Å². The number of ether oxygens (including phenoxy) is 3. The lowest BCUT2D eigenvalue weighted by Gasteiger charge is -2.19. The molecule has 1 aromatic rings. The van der Waals surface area contributed by atoms with Crippen molar-refractivity contribution in [1.29, 1.82) is 0 Å². The van der Waals surface area contributed by atoms with Gasteiger partial charge in [-0.05, 0) is 19.1 Å². The Morgan fingerprint density at radius 2 is 2.27 bits per heavy atom. The van der Waals surface area contributed by atoms with Gasteiger partial charge in [-0.15, -0.1) is 0 Å². The van der Waals surface area contributed by atoms with Crippen LogP contribution in [0.2, 0.25) is 0 Å². The summed E-state index contributed by atoms with van der Waals surface area (Å²) in [7, 11) is 1.54. The van der Waals surface area contributed by atoms with Crippen LogP contribution in [-0.4, -0.2) is 19.7 Å². The van der Waals surface area contributed by atoms with Crippen LogP contribution in [-0.2, 0) is 11.3 Å². The largest absolute Gasteiger partial charge is 0.496 e. The van der Waals surface area contributed by atoms with E-state index in [0.29, 0.717) is 23.7 Å². The second kappa shape index (κ2) is 3.90. The van der Waals surface area contributed by atoms with Gasteiger partial charge in [-0.2, -0.15) is 0 Å². The van der Waals surface area contributed by atoms with Crippen LogP contribution in [0.3, 0.4) is 0 Å². The van der Waals surface area contributed by atoms with Gasteiger partial charge in [0.15, 0.2) is 12.6 Å². The minimum atomic E-state index is -0.0373. The predicted molar refractivity (Wildman–Crippen MR) is 53.3 cm³/mol. The molecule has 0 amide bonds. The van der Waals surface area contributed by atoms with E-state index in [1.807, 2.05) is 0 Å². The average molecular weight is 208 g/mol. The molecular formula is C11H12O4. The molecule has 0 aliphatic carbocycles. The van der Waals surface area contributed by atoms with E-state index in [2.05, 4.69) is 0 Å². The van der Waals surface area contributed by atoms with Crippen LogP contribution in [0.5, 0.6) is 11.5 Å². The Bertz CT molecular complexity index is 398. The molecule has 0 N–H and O–H groups in total. The first kappa shape index (κ1) is 9.98. The van der Waals surface area contributed by atoms with Gasteiger partial charge in [0, 0.05) is 5.56 Å². The van der Waals surface area contributed by atoms with Crippen molar-refractivity contribution in [2.24, 2.45) is 0 Å². The highest BCUT2D eigenvalue weighted by Gasteiger charge is 2.17. The van der Waals surface area contributed by atoms with E-state index in [4.69, 9.17) is 14.2 Å². The van der Waals surface area contributed by atoms with Crippen LogP contribution >= 0.6 is 0 Å². The summed E-state index contributed by atoms with van der Waals surface area (Å²) in [5.74, 6) is 1.23. The molecule has 15 heavy (non-hydrogen) atoms. The second-order valence-corrected chi connectivity index (χ2v) is 3.33. The fourth-order valence-corrected chi connectivity index (χ4v) is 1.55. The first-order chi connectivity index (χ1) is 7.22. The molecule has 0 saturated carbocycles. The zero-order valence-corrected chi connectivity index (χ0v) is 8.70. The van der Waals surface area contributed by atoms with Gasteiger partial charge in [0.1, 0.15) is 11.5 Å². The molecular weight excluding hydrogens is 196 g/mol. The number of methoxy groups -OCH3 is 1. The number of hydrogen-bond donors (Lipinski definition) is 0. The van der Waals surface area contributed by atoms with Crippen molar-refractivity contribution in [2.75, 3.05) is 13.9 Å². The highest BCUT2D eigenvalue weighted by atomic mass is 16.7. The molecule has 2 rings (SSSR count). The topological polar surface area (TPSA) is 44.8 Å². The lowest BCUT2D eigenvalue weighted by molar-refractivity contribution is -0.0165. The first-order valence-electron chi connectivity index (χ1n) is 4.64. The molecule has 80 valence electrons. The van der Waals surface area contributed by atoms with Crippen molar-refractivity contribution in [3.8, 4) is 11.5 Å². The molecule has 1 heterocycles. The van der Waals surface area contributed by atoms with Gasteiger partial charge in [-0.25, -0.2) is 0 Å². The lowest BCUT2D eigenvalue weighted by atomic mass is 10.1. The monoisotopic (exact) mass is 208 g/mol. The lowest BCUT2D eigenvalue weighted by Crippen LogP contribution is -2.12. The zero-order valence-electron chi connectivity index (χ0n) is 8.70. The molecule has 0 saturated heterocycles. The summed E-state index contributed by atoms with van der Waals surface area (Å²) in [6, 6.07) is 3.49. The maximum Gasteiger partial charge on any atom is 0.189 e. The van der Waals surface area contributed by atoms with Crippen molar-refractivity contribution in [3.05, 3.63) is 23.3 Å². The Morgan fingerprint density at radius 3 is 2.93 bits per heavy atom. The summed E-state index contributed by atoms with van der Waals surface area (Å²) < 4.78 is 15.6. The molecule has 4 nitrogen and oxygen atoms in total. The number of hydrogen-bond acceptors (Lipinski definition) is 4.